The van der Waals surface area contributed by atoms with E-state index in [1.165, 1.54) is 0 Å². The van der Waals surface area contributed by atoms with Gasteiger partial charge in [0.15, 0.2) is 10.8 Å². The van der Waals surface area contributed by atoms with Crippen molar-refractivity contribution in [3.05, 3.63) is 35.1 Å². The lowest BCUT2D eigenvalue weighted by atomic mass is 10.1. The van der Waals surface area contributed by atoms with E-state index < -0.39 is 0 Å². The Bertz CT molecular complexity index is 925. The highest BCUT2D eigenvalue weighted by molar-refractivity contribution is 7.13. The van der Waals surface area contributed by atoms with Gasteiger partial charge in [-0.2, -0.15) is 5.10 Å². The van der Waals surface area contributed by atoms with E-state index in [4.69, 9.17) is 0 Å². The largest absolute Gasteiger partial charge is 0.345 e. The second kappa shape index (κ2) is 6.68. The number of carbonyl (C=O) groups excluding carboxylic acids is 1. The van der Waals surface area contributed by atoms with Gasteiger partial charge in [-0.1, -0.05) is 0 Å². The van der Waals surface area contributed by atoms with Crippen molar-refractivity contribution in [2.24, 2.45) is 0 Å². The van der Waals surface area contributed by atoms with Crippen molar-refractivity contribution in [2.75, 3.05) is 31.1 Å². The summed E-state index contributed by atoms with van der Waals surface area (Å²) < 4.78 is 1.89. The van der Waals surface area contributed by atoms with Gasteiger partial charge in [0.2, 0.25) is 0 Å². The number of thiazole rings is 1. The van der Waals surface area contributed by atoms with Gasteiger partial charge in [-0.25, -0.2) is 14.6 Å². The summed E-state index contributed by atoms with van der Waals surface area (Å²) in [6.45, 7) is 9.05. The molecular formula is C18H22N6OS. The third kappa shape index (κ3) is 2.94. The SMILES string of the molecule is Cc1nc2c(cnn2C(C)C)cc1C(=O)N1CCN(c2nccs2)CC1. The Labute approximate surface area is 156 Å². The Morgan fingerprint density at radius 1 is 1.23 bits per heavy atom. The zero-order chi connectivity index (χ0) is 18.3. The third-order valence-electron chi connectivity index (χ3n) is 4.74. The summed E-state index contributed by atoms with van der Waals surface area (Å²) in [6, 6.07) is 2.17. The topological polar surface area (TPSA) is 67.2 Å². The van der Waals surface area contributed by atoms with Gasteiger partial charge in [-0.15, -0.1) is 11.3 Å². The molecule has 1 aliphatic rings. The number of carbonyl (C=O) groups is 1. The van der Waals surface area contributed by atoms with E-state index in [1.54, 1.807) is 17.5 Å². The zero-order valence-electron chi connectivity index (χ0n) is 15.2. The number of aryl methyl sites for hydroxylation is 1. The van der Waals surface area contributed by atoms with Gasteiger partial charge in [0, 0.05) is 49.2 Å². The van der Waals surface area contributed by atoms with E-state index in [2.05, 4.69) is 33.8 Å². The highest BCUT2D eigenvalue weighted by Crippen LogP contribution is 2.22. The standard InChI is InChI=1S/C18H22N6OS/c1-12(2)24-16-14(11-20-24)10-15(13(3)21-16)17(25)22-5-7-23(8-6-22)18-19-4-9-26-18/h4,9-12H,5-8H2,1-3H3. The van der Waals surface area contributed by atoms with Crippen LogP contribution in [0.5, 0.6) is 0 Å². The smallest absolute Gasteiger partial charge is 0.255 e. The fourth-order valence-electron chi connectivity index (χ4n) is 3.30. The minimum absolute atomic E-state index is 0.0491. The summed E-state index contributed by atoms with van der Waals surface area (Å²) in [4.78, 5) is 26.2. The number of aromatic nitrogens is 4. The molecule has 0 unspecified atom stereocenters. The number of hydrogen-bond donors (Lipinski definition) is 0. The first-order valence-electron chi connectivity index (χ1n) is 8.83. The first kappa shape index (κ1) is 17.0. The Morgan fingerprint density at radius 2 is 2.00 bits per heavy atom. The summed E-state index contributed by atoms with van der Waals surface area (Å²) in [6.07, 6.45) is 3.61. The van der Waals surface area contributed by atoms with Crippen LogP contribution < -0.4 is 4.90 Å². The Kier molecular flexibility index (Phi) is 4.36. The number of nitrogens with zero attached hydrogens (tertiary/aromatic N) is 6. The van der Waals surface area contributed by atoms with Gasteiger partial charge in [0.25, 0.3) is 5.91 Å². The van der Waals surface area contributed by atoms with Crippen LogP contribution in [0.3, 0.4) is 0 Å². The van der Waals surface area contributed by atoms with E-state index in [0.717, 1.165) is 34.9 Å². The van der Waals surface area contributed by atoms with Gasteiger partial charge < -0.3 is 9.80 Å². The number of piperazine rings is 1. The quantitative estimate of drug-likeness (QED) is 0.709. The zero-order valence-corrected chi connectivity index (χ0v) is 16.0. The van der Waals surface area contributed by atoms with Crippen LogP contribution >= 0.6 is 11.3 Å². The normalized spacial score (nSPS) is 15.2. The molecule has 0 N–H and O–H groups in total. The number of amides is 1. The summed E-state index contributed by atoms with van der Waals surface area (Å²) in [5.74, 6) is 0.0491. The molecule has 1 aliphatic heterocycles. The molecule has 3 aromatic heterocycles. The Morgan fingerprint density at radius 3 is 2.65 bits per heavy atom. The highest BCUT2D eigenvalue weighted by Gasteiger charge is 2.25. The first-order valence-corrected chi connectivity index (χ1v) is 9.71. The second-order valence-corrected chi connectivity index (χ2v) is 7.68. The fourth-order valence-corrected chi connectivity index (χ4v) is 4.00. The molecule has 26 heavy (non-hydrogen) atoms. The summed E-state index contributed by atoms with van der Waals surface area (Å²) in [7, 11) is 0. The molecule has 0 saturated carbocycles. The van der Waals surface area contributed by atoms with Gasteiger partial charge in [0.1, 0.15) is 0 Å². The van der Waals surface area contributed by atoms with Crippen molar-refractivity contribution in [1.82, 2.24) is 24.6 Å². The van der Waals surface area contributed by atoms with Crippen LogP contribution in [0, 0.1) is 6.92 Å². The maximum absolute atomic E-state index is 13.0. The molecule has 1 saturated heterocycles. The van der Waals surface area contributed by atoms with Gasteiger partial charge >= 0.3 is 0 Å². The lowest BCUT2D eigenvalue weighted by Crippen LogP contribution is -2.49. The van der Waals surface area contributed by atoms with Crippen LogP contribution in [-0.4, -0.2) is 56.7 Å². The second-order valence-electron chi connectivity index (χ2n) is 6.81. The molecule has 0 bridgehead atoms. The molecule has 4 rings (SSSR count). The van der Waals surface area contributed by atoms with Crippen LogP contribution in [0.4, 0.5) is 5.13 Å². The van der Waals surface area contributed by atoms with E-state index in [1.807, 2.05) is 34.1 Å². The predicted octanol–water partition coefficient (Wildman–Crippen LogP) is 2.74. The maximum atomic E-state index is 13.0. The molecule has 8 heteroatoms. The molecule has 0 aliphatic carbocycles. The van der Waals surface area contributed by atoms with E-state index in [0.29, 0.717) is 18.7 Å². The molecule has 0 aromatic carbocycles. The summed E-state index contributed by atoms with van der Waals surface area (Å²) >= 11 is 1.64. The van der Waals surface area contributed by atoms with Crippen LogP contribution in [0.15, 0.2) is 23.8 Å². The molecule has 136 valence electrons. The number of hydrogen-bond acceptors (Lipinski definition) is 6. The van der Waals surface area contributed by atoms with Crippen molar-refractivity contribution >= 4 is 33.4 Å². The average Bonchev–Trinajstić information content (AvgIpc) is 3.30. The van der Waals surface area contributed by atoms with Crippen molar-refractivity contribution < 1.29 is 4.79 Å². The number of anilines is 1. The third-order valence-corrected chi connectivity index (χ3v) is 5.57. The molecule has 1 amide bonds. The summed E-state index contributed by atoms with van der Waals surface area (Å²) in [5, 5.41) is 8.32. The van der Waals surface area contributed by atoms with Gasteiger partial charge in [-0.3, -0.25) is 4.79 Å². The van der Waals surface area contributed by atoms with Crippen LogP contribution in [0.25, 0.3) is 11.0 Å². The maximum Gasteiger partial charge on any atom is 0.255 e. The Balaban J connectivity index is 1.54. The highest BCUT2D eigenvalue weighted by atomic mass is 32.1. The first-order chi connectivity index (χ1) is 12.5. The van der Waals surface area contributed by atoms with E-state index >= 15 is 0 Å². The number of pyridine rings is 1. The molecule has 0 atom stereocenters. The molecule has 7 nitrogen and oxygen atoms in total. The van der Waals surface area contributed by atoms with Crippen molar-refractivity contribution in [3.63, 3.8) is 0 Å². The van der Waals surface area contributed by atoms with Crippen LogP contribution in [0.2, 0.25) is 0 Å². The minimum Gasteiger partial charge on any atom is -0.345 e. The Hall–Kier alpha value is -2.48. The van der Waals surface area contributed by atoms with E-state index in [9.17, 15) is 4.79 Å². The van der Waals surface area contributed by atoms with E-state index in [-0.39, 0.29) is 11.9 Å². The molecular weight excluding hydrogens is 348 g/mol. The molecule has 0 radical (unpaired) electrons. The monoisotopic (exact) mass is 370 g/mol. The predicted molar refractivity (Wildman–Crippen MR) is 103 cm³/mol. The average molecular weight is 370 g/mol. The van der Waals surface area contributed by atoms with Gasteiger partial charge in [-0.05, 0) is 26.8 Å². The molecule has 0 spiro atoms. The molecule has 1 fully saturated rings. The molecule has 3 aromatic rings. The van der Waals surface area contributed by atoms with Crippen molar-refractivity contribution in [3.8, 4) is 0 Å². The number of rotatable bonds is 3. The fraction of sp³-hybridized carbons (Fsp3) is 0.444. The number of fused-ring (bicyclic) bond motifs is 1. The lowest BCUT2D eigenvalue weighted by molar-refractivity contribution is 0.0745. The van der Waals surface area contributed by atoms with Crippen LogP contribution in [-0.2, 0) is 0 Å². The minimum atomic E-state index is 0.0491. The van der Waals surface area contributed by atoms with Gasteiger partial charge in [0.05, 0.1) is 17.5 Å². The van der Waals surface area contributed by atoms with Crippen molar-refractivity contribution in [2.45, 2.75) is 26.8 Å². The molecule has 4 heterocycles. The van der Waals surface area contributed by atoms with Crippen LogP contribution in [0.1, 0.15) is 35.9 Å². The lowest BCUT2D eigenvalue weighted by Gasteiger charge is -2.34. The van der Waals surface area contributed by atoms with Crippen molar-refractivity contribution in [1.29, 1.82) is 0 Å². The summed E-state index contributed by atoms with van der Waals surface area (Å²) in [5.41, 5.74) is 2.26.